The molecule has 3 rings (SSSR count). The number of benzene rings is 2. The average Bonchev–Trinajstić information content (AvgIpc) is 3.12. The number of methoxy groups -OCH3 is 1. The summed E-state index contributed by atoms with van der Waals surface area (Å²) < 4.78 is 73.9. The molecule has 34 heavy (non-hydrogen) atoms. The van der Waals surface area contributed by atoms with Crippen LogP contribution in [0.3, 0.4) is 0 Å². The van der Waals surface area contributed by atoms with Gasteiger partial charge in [0.05, 0.1) is 23.3 Å². The van der Waals surface area contributed by atoms with Crippen LogP contribution in [0.25, 0.3) is 11.8 Å². The first kappa shape index (κ1) is 25.1. The van der Waals surface area contributed by atoms with Crippen molar-refractivity contribution in [1.82, 2.24) is 4.57 Å². The highest BCUT2D eigenvalue weighted by Crippen LogP contribution is 2.37. The summed E-state index contributed by atoms with van der Waals surface area (Å²) in [6.07, 6.45) is -3.38. The number of nitriles is 1. The van der Waals surface area contributed by atoms with Crippen molar-refractivity contribution in [3.05, 3.63) is 82.0 Å². The van der Waals surface area contributed by atoms with Crippen LogP contribution in [0.2, 0.25) is 0 Å². The maximum atomic E-state index is 13.7. The normalized spacial score (nSPS) is 12.6. The average molecular weight is 489 g/mol. The van der Waals surface area contributed by atoms with Crippen molar-refractivity contribution in [1.29, 1.82) is 5.26 Å². The molecule has 0 unspecified atom stereocenters. The molecule has 0 bridgehead atoms. The summed E-state index contributed by atoms with van der Waals surface area (Å²) in [6, 6.07) is 14.3. The minimum Gasteiger partial charge on any atom is -0.497 e. The first-order valence-electron chi connectivity index (χ1n) is 10.3. The molecule has 178 valence electrons. The predicted octanol–water partition coefficient (Wildman–Crippen LogP) is 6.27. The molecule has 0 fully saturated rings. The van der Waals surface area contributed by atoms with E-state index in [2.05, 4.69) is 0 Å². The van der Waals surface area contributed by atoms with E-state index < -0.39 is 26.5 Å². The van der Waals surface area contributed by atoms with E-state index in [4.69, 9.17) is 4.74 Å². The molecule has 0 saturated heterocycles. The first-order chi connectivity index (χ1) is 15.9. The fraction of sp³-hybridized carbons (Fsp3) is 0.240. The van der Waals surface area contributed by atoms with E-state index in [1.807, 2.05) is 13.8 Å². The standard InChI is InChI=1S/C25H23F3N2O3S/c1-16(2)24-13-18(17(3)30(24)23-11-6-5-10-22(23)25(26,27)28)12-21(15-29)34(31,32)20-9-7-8-19(14-20)33-4/h5-14,16H,1-4H3/b21-12+. The molecular formula is C25H23F3N2O3S. The van der Waals surface area contributed by atoms with Gasteiger partial charge in [0.15, 0.2) is 0 Å². The Hall–Kier alpha value is -3.51. The van der Waals surface area contributed by atoms with Gasteiger partial charge in [-0.05, 0) is 60.9 Å². The van der Waals surface area contributed by atoms with Crippen LogP contribution in [-0.4, -0.2) is 20.1 Å². The molecule has 1 heterocycles. The van der Waals surface area contributed by atoms with Gasteiger partial charge in [0.25, 0.3) is 0 Å². The summed E-state index contributed by atoms with van der Waals surface area (Å²) in [6.45, 7) is 5.25. The Morgan fingerprint density at radius 1 is 1.12 bits per heavy atom. The van der Waals surface area contributed by atoms with Gasteiger partial charge in [-0.15, -0.1) is 0 Å². The number of sulfone groups is 1. The van der Waals surface area contributed by atoms with Crippen LogP contribution < -0.4 is 4.74 Å². The molecule has 3 aromatic rings. The van der Waals surface area contributed by atoms with E-state index in [1.54, 1.807) is 25.1 Å². The molecule has 0 amide bonds. The molecule has 0 aliphatic heterocycles. The highest BCUT2D eigenvalue weighted by Gasteiger charge is 2.34. The maximum absolute atomic E-state index is 13.7. The van der Waals surface area contributed by atoms with E-state index in [0.29, 0.717) is 22.7 Å². The molecule has 0 spiro atoms. The number of rotatable bonds is 6. The lowest BCUT2D eigenvalue weighted by atomic mass is 10.1. The van der Waals surface area contributed by atoms with E-state index in [-0.39, 0.29) is 16.5 Å². The number of aromatic nitrogens is 1. The lowest BCUT2D eigenvalue weighted by Gasteiger charge is -2.19. The predicted molar refractivity (Wildman–Crippen MR) is 123 cm³/mol. The van der Waals surface area contributed by atoms with Gasteiger partial charge < -0.3 is 9.30 Å². The Kier molecular flexibility index (Phi) is 6.94. The van der Waals surface area contributed by atoms with Gasteiger partial charge in [-0.3, -0.25) is 0 Å². The summed E-state index contributed by atoms with van der Waals surface area (Å²) in [5.74, 6) is 0.134. The van der Waals surface area contributed by atoms with Gasteiger partial charge >= 0.3 is 6.18 Å². The molecule has 0 aliphatic carbocycles. The molecule has 0 saturated carbocycles. The fourth-order valence-corrected chi connectivity index (χ4v) is 4.84. The van der Waals surface area contributed by atoms with Gasteiger partial charge in [-0.1, -0.05) is 32.0 Å². The summed E-state index contributed by atoms with van der Waals surface area (Å²) in [7, 11) is -2.79. The van der Waals surface area contributed by atoms with Gasteiger partial charge in [0.2, 0.25) is 9.84 Å². The van der Waals surface area contributed by atoms with Crippen molar-refractivity contribution < 1.29 is 26.3 Å². The van der Waals surface area contributed by atoms with Crippen LogP contribution in [0.5, 0.6) is 5.75 Å². The smallest absolute Gasteiger partial charge is 0.418 e. The second kappa shape index (κ2) is 9.39. The van der Waals surface area contributed by atoms with Crippen molar-refractivity contribution >= 4 is 15.9 Å². The highest BCUT2D eigenvalue weighted by molar-refractivity contribution is 7.95. The molecule has 9 heteroatoms. The van der Waals surface area contributed by atoms with Crippen molar-refractivity contribution in [2.75, 3.05) is 7.11 Å². The Morgan fingerprint density at radius 3 is 2.38 bits per heavy atom. The lowest BCUT2D eigenvalue weighted by Crippen LogP contribution is -2.13. The molecule has 0 radical (unpaired) electrons. The van der Waals surface area contributed by atoms with E-state index in [1.165, 1.54) is 54.2 Å². The number of hydrogen-bond donors (Lipinski definition) is 0. The number of para-hydroxylation sites is 1. The van der Waals surface area contributed by atoms with Crippen LogP contribution in [0.15, 0.2) is 64.4 Å². The topological polar surface area (TPSA) is 72.1 Å². The van der Waals surface area contributed by atoms with E-state index >= 15 is 0 Å². The quantitative estimate of drug-likeness (QED) is 0.383. The minimum atomic E-state index is -4.58. The summed E-state index contributed by atoms with van der Waals surface area (Å²) in [5, 5.41) is 9.67. The first-order valence-corrected chi connectivity index (χ1v) is 11.8. The van der Waals surface area contributed by atoms with Crippen LogP contribution in [0.4, 0.5) is 13.2 Å². The minimum absolute atomic E-state index is 0.0648. The molecular weight excluding hydrogens is 465 g/mol. The Morgan fingerprint density at radius 2 is 1.79 bits per heavy atom. The molecule has 0 atom stereocenters. The number of hydrogen-bond acceptors (Lipinski definition) is 4. The molecule has 1 aromatic heterocycles. The van der Waals surface area contributed by atoms with E-state index in [0.717, 1.165) is 6.07 Å². The fourth-order valence-electron chi connectivity index (χ4n) is 3.66. The summed E-state index contributed by atoms with van der Waals surface area (Å²) >= 11 is 0. The number of ether oxygens (including phenoxy) is 1. The number of halogens is 3. The lowest BCUT2D eigenvalue weighted by molar-refractivity contribution is -0.137. The third kappa shape index (κ3) is 4.73. The Bertz CT molecular complexity index is 1400. The van der Waals surface area contributed by atoms with Gasteiger partial charge in [-0.25, -0.2) is 8.42 Å². The van der Waals surface area contributed by atoms with Crippen LogP contribution in [0.1, 0.15) is 42.3 Å². The summed E-state index contributed by atoms with van der Waals surface area (Å²) in [5.41, 5.74) is 0.398. The second-order valence-corrected chi connectivity index (χ2v) is 9.84. The maximum Gasteiger partial charge on any atom is 0.418 e. The highest BCUT2D eigenvalue weighted by atomic mass is 32.2. The summed E-state index contributed by atoms with van der Waals surface area (Å²) in [4.78, 5) is -0.649. The molecule has 5 nitrogen and oxygen atoms in total. The number of nitrogens with zero attached hydrogens (tertiary/aromatic N) is 2. The van der Waals surface area contributed by atoms with Crippen LogP contribution >= 0.6 is 0 Å². The SMILES string of the molecule is COc1cccc(S(=O)(=O)/C(C#N)=C/c2cc(C(C)C)n(-c3ccccc3C(F)(F)F)c2C)c1. The molecule has 0 N–H and O–H groups in total. The number of allylic oxidation sites excluding steroid dienone is 1. The molecule has 0 aliphatic rings. The molecule has 2 aromatic carbocycles. The largest absolute Gasteiger partial charge is 0.497 e. The van der Waals surface area contributed by atoms with E-state index in [9.17, 15) is 26.9 Å². The van der Waals surface area contributed by atoms with Gasteiger partial charge in [0.1, 0.15) is 16.7 Å². The zero-order valence-corrected chi connectivity index (χ0v) is 19.8. The Labute approximate surface area is 196 Å². The third-order valence-electron chi connectivity index (χ3n) is 5.39. The monoisotopic (exact) mass is 488 g/mol. The van der Waals surface area contributed by atoms with Crippen LogP contribution in [0, 0.1) is 18.3 Å². The van der Waals surface area contributed by atoms with Gasteiger partial charge in [0, 0.05) is 11.4 Å². The number of alkyl halides is 3. The van der Waals surface area contributed by atoms with Crippen molar-refractivity contribution in [2.24, 2.45) is 0 Å². The van der Waals surface area contributed by atoms with Gasteiger partial charge in [-0.2, -0.15) is 18.4 Å². The Balaban J connectivity index is 2.24. The third-order valence-corrected chi connectivity index (χ3v) is 7.06. The zero-order valence-electron chi connectivity index (χ0n) is 19.0. The van der Waals surface area contributed by atoms with Crippen molar-refractivity contribution in [3.8, 4) is 17.5 Å². The van der Waals surface area contributed by atoms with Crippen molar-refractivity contribution in [3.63, 3.8) is 0 Å². The van der Waals surface area contributed by atoms with Crippen LogP contribution in [-0.2, 0) is 16.0 Å². The van der Waals surface area contributed by atoms with Crippen molar-refractivity contribution in [2.45, 2.75) is 37.8 Å². The second-order valence-electron chi connectivity index (χ2n) is 7.92. The zero-order chi connectivity index (χ0) is 25.3.